The van der Waals surface area contributed by atoms with Gasteiger partial charge in [-0.05, 0) is 30.5 Å². The molecule has 286 valence electrons. The lowest BCUT2D eigenvalue weighted by atomic mass is 10.1. The Bertz CT molecular complexity index is 1580. The SMILES string of the molecule is COCCC1CN(C(=O)OCc2ccccc2)CCN(C(=O)OCc2ccccc2)CCNCC[N+]1(C(=O)OCc1ccccc1)C1COC(C)(C)O1. The van der Waals surface area contributed by atoms with E-state index >= 15 is 0 Å². The van der Waals surface area contributed by atoms with Gasteiger partial charge in [-0.2, -0.15) is 9.28 Å². The Labute approximate surface area is 312 Å². The lowest BCUT2D eigenvalue weighted by Gasteiger charge is -2.45. The largest absolute Gasteiger partial charge is 0.518 e. The fraction of sp³-hybridized carbons (Fsp3) is 0.475. The number of amides is 3. The first kappa shape index (κ1) is 39.7. The third kappa shape index (κ3) is 11.2. The summed E-state index contributed by atoms with van der Waals surface area (Å²) in [5.41, 5.74) is 2.54. The maximum absolute atomic E-state index is 14.7. The van der Waals surface area contributed by atoms with E-state index in [1.165, 1.54) is 0 Å². The molecule has 1 N–H and O–H groups in total. The molecule has 0 bridgehead atoms. The van der Waals surface area contributed by atoms with Crippen molar-refractivity contribution >= 4 is 18.3 Å². The lowest BCUT2D eigenvalue weighted by molar-refractivity contribution is -0.925. The van der Waals surface area contributed by atoms with Gasteiger partial charge in [0.1, 0.15) is 39.0 Å². The molecule has 0 radical (unpaired) electrons. The Morgan fingerprint density at radius 2 is 1.28 bits per heavy atom. The van der Waals surface area contributed by atoms with Crippen molar-refractivity contribution < 1.29 is 47.3 Å². The van der Waals surface area contributed by atoms with E-state index in [2.05, 4.69) is 5.32 Å². The molecule has 0 spiro atoms. The van der Waals surface area contributed by atoms with Gasteiger partial charge in [0.2, 0.25) is 6.23 Å². The van der Waals surface area contributed by atoms with Crippen molar-refractivity contribution in [3.05, 3.63) is 108 Å². The molecule has 3 amide bonds. The number of nitrogens with one attached hydrogen (secondary N) is 1. The van der Waals surface area contributed by atoms with Gasteiger partial charge >= 0.3 is 18.3 Å². The Balaban J connectivity index is 1.46. The van der Waals surface area contributed by atoms with E-state index in [-0.39, 0.29) is 57.1 Å². The van der Waals surface area contributed by atoms with E-state index in [1.54, 1.807) is 16.9 Å². The van der Waals surface area contributed by atoms with Gasteiger partial charge in [-0.3, -0.25) is 4.74 Å². The first-order valence-corrected chi connectivity index (χ1v) is 18.2. The van der Waals surface area contributed by atoms with Gasteiger partial charge in [-0.25, -0.2) is 9.59 Å². The predicted molar refractivity (Wildman–Crippen MR) is 196 cm³/mol. The van der Waals surface area contributed by atoms with Crippen molar-refractivity contribution in [2.24, 2.45) is 0 Å². The highest BCUT2D eigenvalue weighted by molar-refractivity contribution is 5.69. The highest BCUT2D eigenvalue weighted by Gasteiger charge is 2.57. The van der Waals surface area contributed by atoms with Gasteiger partial charge in [-0.1, -0.05) is 91.0 Å². The van der Waals surface area contributed by atoms with Crippen molar-refractivity contribution in [3.63, 3.8) is 0 Å². The summed E-state index contributed by atoms with van der Waals surface area (Å²) >= 11 is 0. The van der Waals surface area contributed by atoms with Crippen LogP contribution in [0.2, 0.25) is 0 Å². The summed E-state index contributed by atoms with van der Waals surface area (Å²) < 4.78 is 35.5. The zero-order valence-corrected chi connectivity index (χ0v) is 31.0. The second kappa shape index (κ2) is 19.5. The zero-order valence-electron chi connectivity index (χ0n) is 31.0. The second-order valence-electron chi connectivity index (χ2n) is 13.7. The molecule has 0 aromatic heterocycles. The number of methoxy groups -OCH3 is 1. The molecule has 3 atom stereocenters. The fourth-order valence-corrected chi connectivity index (χ4v) is 6.65. The molecule has 3 aromatic carbocycles. The van der Waals surface area contributed by atoms with Crippen molar-refractivity contribution in [1.29, 1.82) is 0 Å². The maximum Gasteiger partial charge on any atom is 0.518 e. The Kier molecular flexibility index (Phi) is 14.6. The van der Waals surface area contributed by atoms with Crippen LogP contribution in [-0.4, -0.2) is 117 Å². The number of nitrogens with zero attached hydrogens (tertiary/aromatic N) is 3. The molecule has 0 saturated carbocycles. The smallest absolute Gasteiger partial charge is 0.445 e. The van der Waals surface area contributed by atoms with Crippen molar-refractivity contribution in [2.75, 3.05) is 66.1 Å². The molecule has 2 fully saturated rings. The first-order chi connectivity index (χ1) is 25.7. The second-order valence-corrected chi connectivity index (χ2v) is 13.7. The quantitative estimate of drug-likeness (QED) is 0.210. The molecule has 53 heavy (non-hydrogen) atoms. The Morgan fingerprint density at radius 1 is 0.755 bits per heavy atom. The number of rotatable bonds is 10. The highest BCUT2D eigenvalue weighted by Crippen LogP contribution is 2.34. The number of benzene rings is 3. The Hall–Kier alpha value is -4.53. The molecular weight excluding hydrogens is 680 g/mol. The van der Waals surface area contributed by atoms with Crippen LogP contribution >= 0.6 is 0 Å². The standard InChI is InChI=1S/C40H53N4O9/c1-40(2)52-31-36(53-40)44(39(47)51-30-34-17-11-6-12-18-34)25-21-41-20-22-42(37(45)49-28-32-13-7-4-8-14-32)23-24-43(27-35(44)19-26-48-3)38(46)50-29-33-15-9-5-10-16-33/h4-18,35-36,41H,19-31H2,1-3H3/q+1. The Morgan fingerprint density at radius 3 is 1.81 bits per heavy atom. The number of ether oxygens (including phenoxy) is 6. The number of hydrogen-bond donors (Lipinski definition) is 1. The van der Waals surface area contributed by atoms with E-state index < -0.39 is 36.3 Å². The van der Waals surface area contributed by atoms with Gasteiger partial charge < -0.3 is 38.8 Å². The first-order valence-electron chi connectivity index (χ1n) is 18.2. The molecule has 2 saturated heterocycles. The fourth-order valence-electron chi connectivity index (χ4n) is 6.65. The maximum atomic E-state index is 14.7. The van der Waals surface area contributed by atoms with Crippen molar-refractivity contribution in [2.45, 2.75) is 58.1 Å². The van der Waals surface area contributed by atoms with Crippen molar-refractivity contribution in [1.82, 2.24) is 15.1 Å². The summed E-state index contributed by atoms with van der Waals surface area (Å²) in [5, 5.41) is 3.43. The minimum Gasteiger partial charge on any atom is -0.445 e. The van der Waals surface area contributed by atoms with Crippen LogP contribution in [0.25, 0.3) is 0 Å². The minimum atomic E-state index is -0.951. The van der Waals surface area contributed by atoms with Gasteiger partial charge in [0.15, 0.2) is 5.79 Å². The lowest BCUT2D eigenvalue weighted by Crippen LogP contribution is -2.70. The molecule has 2 aliphatic heterocycles. The molecule has 3 aromatic rings. The van der Waals surface area contributed by atoms with E-state index in [4.69, 9.17) is 28.4 Å². The molecule has 2 aliphatic rings. The van der Waals surface area contributed by atoms with E-state index in [0.717, 1.165) is 16.7 Å². The molecular formula is C40H53N4O9+. The normalized spacial score (nSPS) is 22.2. The molecule has 5 rings (SSSR count). The number of quaternary nitrogens is 1. The van der Waals surface area contributed by atoms with Crippen LogP contribution in [0.1, 0.15) is 37.0 Å². The average molecular weight is 734 g/mol. The van der Waals surface area contributed by atoms with E-state index in [1.807, 2.05) is 105 Å². The topological polar surface area (TPSA) is 125 Å². The van der Waals surface area contributed by atoms with Crippen LogP contribution in [0.4, 0.5) is 14.4 Å². The van der Waals surface area contributed by atoms with Crippen LogP contribution in [0.3, 0.4) is 0 Å². The van der Waals surface area contributed by atoms with Crippen LogP contribution in [0, 0.1) is 0 Å². The summed E-state index contributed by atoms with van der Waals surface area (Å²) in [4.78, 5) is 45.4. The number of hydrogen-bond acceptors (Lipinski definition) is 10. The van der Waals surface area contributed by atoms with Crippen LogP contribution in [0.15, 0.2) is 91.0 Å². The van der Waals surface area contributed by atoms with Gasteiger partial charge in [0.25, 0.3) is 0 Å². The van der Waals surface area contributed by atoms with Crippen LogP contribution in [0.5, 0.6) is 0 Å². The number of carbonyl (C=O) groups is 3. The zero-order chi connectivity index (χ0) is 37.5. The molecule has 0 aliphatic carbocycles. The summed E-state index contributed by atoms with van der Waals surface area (Å²) in [6.07, 6.45) is -1.93. The van der Waals surface area contributed by atoms with E-state index in [0.29, 0.717) is 32.7 Å². The monoisotopic (exact) mass is 733 g/mol. The van der Waals surface area contributed by atoms with Gasteiger partial charge in [-0.15, -0.1) is 0 Å². The minimum absolute atomic E-state index is 0.0541. The summed E-state index contributed by atoms with van der Waals surface area (Å²) in [7, 11) is 1.60. The van der Waals surface area contributed by atoms with E-state index in [9.17, 15) is 14.4 Å². The molecule has 13 heteroatoms. The third-order valence-electron chi connectivity index (χ3n) is 9.57. The summed E-state index contributed by atoms with van der Waals surface area (Å²) in [6, 6.07) is 27.8. The van der Waals surface area contributed by atoms with Crippen LogP contribution in [-0.2, 0) is 48.2 Å². The summed E-state index contributed by atoms with van der Waals surface area (Å²) in [5.74, 6) is -0.951. The number of carbonyl (C=O) groups excluding carboxylic acids is 3. The average Bonchev–Trinajstić information content (AvgIpc) is 3.55. The predicted octanol–water partition coefficient (Wildman–Crippen LogP) is 5.53. The van der Waals surface area contributed by atoms with Crippen LogP contribution < -0.4 is 5.32 Å². The summed E-state index contributed by atoms with van der Waals surface area (Å²) in [6.45, 7) is 5.99. The molecule has 3 unspecified atom stereocenters. The van der Waals surface area contributed by atoms with Gasteiger partial charge in [0, 0.05) is 46.3 Å². The molecule has 13 nitrogen and oxygen atoms in total. The third-order valence-corrected chi connectivity index (χ3v) is 9.57. The van der Waals surface area contributed by atoms with Crippen molar-refractivity contribution in [3.8, 4) is 0 Å². The van der Waals surface area contributed by atoms with Gasteiger partial charge in [0.05, 0.1) is 13.2 Å². The highest BCUT2D eigenvalue weighted by atomic mass is 16.8. The molecule has 2 heterocycles.